The summed E-state index contributed by atoms with van der Waals surface area (Å²) in [6.45, 7) is 6.17. The highest BCUT2D eigenvalue weighted by atomic mass is 19.2. The van der Waals surface area contributed by atoms with E-state index >= 15 is 0 Å². The fraction of sp³-hybridized carbons (Fsp3) is 0.400. The Balaban J connectivity index is 2.15. The number of aryl methyl sites for hydroxylation is 1. The average molecular weight is 279 g/mol. The van der Waals surface area contributed by atoms with Gasteiger partial charge in [-0.25, -0.2) is 13.8 Å². The highest BCUT2D eigenvalue weighted by molar-refractivity contribution is 5.20. The molecular weight excluding hydrogens is 260 g/mol. The van der Waals surface area contributed by atoms with Gasteiger partial charge in [-0.2, -0.15) is 0 Å². The minimum absolute atomic E-state index is 0.492. The Kier molecular flexibility index (Phi) is 4.84. The lowest BCUT2D eigenvalue weighted by Gasteiger charge is -2.11. The van der Waals surface area contributed by atoms with Crippen molar-refractivity contribution in [1.29, 1.82) is 0 Å². The summed E-state index contributed by atoms with van der Waals surface area (Å²) in [5, 5.41) is 3.32. The van der Waals surface area contributed by atoms with Crippen LogP contribution in [0.15, 0.2) is 24.4 Å². The van der Waals surface area contributed by atoms with E-state index in [1.807, 2.05) is 17.7 Å². The zero-order valence-electron chi connectivity index (χ0n) is 11.8. The molecule has 0 aliphatic rings. The van der Waals surface area contributed by atoms with Crippen molar-refractivity contribution in [3.8, 4) is 0 Å². The topological polar surface area (TPSA) is 29.9 Å². The fourth-order valence-corrected chi connectivity index (χ4v) is 2.09. The summed E-state index contributed by atoms with van der Waals surface area (Å²) in [5.41, 5.74) is 1.77. The average Bonchev–Trinajstić information content (AvgIpc) is 2.76. The van der Waals surface area contributed by atoms with Gasteiger partial charge in [0.15, 0.2) is 11.6 Å². The van der Waals surface area contributed by atoms with Crippen LogP contribution in [0.3, 0.4) is 0 Å². The van der Waals surface area contributed by atoms with Gasteiger partial charge in [-0.1, -0.05) is 13.0 Å². The SMILES string of the molecule is CCCNCc1cnc(C)n1Cc1ccc(F)c(F)c1. The van der Waals surface area contributed by atoms with Crippen molar-refractivity contribution in [3.63, 3.8) is 0 Å². The summed E-state index contributed by atoms with van der Waals surface area (Å²) in [4.78, 5) is 4.29. The molecule has 0 spiro atoms. The number of hydrogen-bond donors (Lipinski definition) is 1. The van der Waals surface area contributed by atoms with Crippen LogP contribution >= 0.6 is 0 Å². The monoisotopic (exact) mass is 279 g/mol. The van der Waals surface area contributed by atoms with Crippen molar-refractivity contribution in [3.05, 3.63) is 53.1 Å². The quantitative estimate of drug-likeness (QED) is 0.824. The zero-order chi connectivity index (χ0) is 14.5. The molecule has 0 saturated heterocycles. The van der Waals surface area contributed by atoms with E-state index in [1.54, 1.807) is 6.07 Å². The zero-order valence-corrected chi connectivity index (χ0v) is 11.8. The summed E-state index contributed by atoms with van der Waals surface area (Å²) in [5.74, 6) is -0.769. The lowest BCUT2D eigenvalue weighted by Crippen LogP contribution is -2.17. The summed E-state index contributed by atoms with van der Waals surface area (Å²) < 4.78 is 28.2. The maximum atomic E-state index is 13.2. The first-order chi connectivity index (χ1) is 9.61. The molecule has 0 bridgehead atoms. The van der Waals surface area contributed by atoms with E-state index in [0.717, 1.165) is 42.7 Å². The molecule has 108 valence electrons. The molecule has 3 nitrogen and oxygen atoms in total. The number of nitrogens with zero attached hydrogens (tertiary/aromatic N) is 2. The molecule has 0 atom stereocenters. The molecule has 1 N–H and O–H groups in total. The number of rotatable bonds is 6. The number of halogens is 2. The Morgan fingerprint density at radius 2 is 2.05 bits per heavy atom. The second kappa shape index (κ2) is 6.61. The smallest absolute Gasteiger partial charge is 0.159 e. The molecule has 2 rings (SSSR count). The largest absolute Gasteiger partial charge is 0.327 e. The van der Waals surface area contributed by atoms with Crippen molar-refractivity contribution in [2.45, 2.75) is 33.4 Å². The van der Waals surface area contributed by atoms with E-state index in [-0.39, 0.29) is 0 Å². The molecule has 0 radical (unpaired) electrons. The number of hydrogen-bond acceptors (Lipinski definition) is 2. The van der Waals surface area contributed by atoms with Gasteiger partial charge in [0, 0.05) is 19.3 Å². The van der Waals surface area contributed by atoms with Crippen LogP contribution in [0, 0.1) is 18.6 Å². The Morgan fingerprint density at radius 1 is 1.25 bits per heavy atom. The normalized spacial score (nSPS) is 11.0. The van der Waals surface area contributed by atoms with Gasteiger partial charge < -0.3 is 9.88 Å². The second-order valence-electron chi connectivity index (χ2n) is 4.81. The highest BCUT2D eigenvalue weighted by Gasteiger charge is 2.09. The van der Waals surface area contributed by atoms with E-state index in [2.05, 4.69) is 17.2 Å². The molecule has 20 heavy (non-hydrogen) atoms. The molecule has 5 heteroatoms. The van der Waals surface area contributed by atoms with Gasteiger partial charge in [-0.15, -0.1) is 0 Å². The predicted molar refractivity (Wildman–Crippen MR) is 74.4 cm³/mol. The van der Waals surface area contributed by atoms with E-state index in [9.17, 15) is 8.78 Å². The standard InChI is InChI=1S/C15H19F2N3/c1-3-6-18-8-13-9-19-11(2)20(13)10-12-4-5-14(16)15(17)7-12/h4-5,7,9,18H,3,6,8,10H2,1-2H3. The minimum Gasteiger partial charge on any atom is -0.327 e. The van der Waals surface area contributed by atoms with Gasteiger partial charge in [-0.3, -0.25) is 0 Å². The maximum absolute atomic E-state index is 13.2. The lowest BCUT2D eigenvalue weighted by atomic mass is 10.2. The first-order valence-electron chi connectivity index (χ1n) is 6.77. The number of aromatic nitrogens is 2. The van der Waals surface area contributed by atoms with Crippen LogP contribution in [0.5, 0.6) is 0 Å². The van der Waals surface area contributed by atoms with Crippen molar-refractivity contribution < 1.29 is 8.78 Å². The molecule has 0 saturated carbocycles. The molecule has 0 aliphatic carbocycles. The molecule has 1 heterocycles. The third kappa shape index (κ3) is 3.42. The third-order valence-corrected chi connectivity index (χ3v) is 3.20. The van der Waals surface area contributed by atoms with E-state index in [4.69, 9.17) is 0 Å². The van der Waals surface area contributed by atoms with Crippen LogP contribution in [-0.2, 0) is 13.1 Å². The molecule has 0 aliphatic heterocycles. The number of benzene rings is 1. The summed E-state index contributed by atoms with van der Waals surface area (Å²) in [7, 11) is 0. The fourth-order valence-electron chi connectivity index (χ4n) is 2.09. The Hall–Kier alpha value is -1.75. The predicted octanol–water partition coefficient (Wildman–Crippen LogP) is 3.02. The molecule has 1 aromatic carbocycles. The highest BCUT2D eigenvalue weighted by Crippen LogP contribution is 2.13. The van der Waals surface area contributed by atoms with Gasteiger partial charge in [0.25, 0.3) is 0 Å². The van der Waals surface area contributed by atoms with E-state index < -0.39 is 11.6 Å². The summed E-state index contributed by atoms with van der Waals surface area (Å²) in [6, 6.07) is 3.99. The maximum Gasteiger partial charge on any atom is 0.159 e. The first kappa shape index (κ1) is 14.7. The van der Waals surface area contributed by atoms with Gasteiger partial charge >= 0.3 is 0 Å². The van der Waals surface area contributed by atoms with Crippen molar-refractivity contribution in [2.24, 2.45) is 0 Å². The van der Waals surface area contributed by atoms with Gasteiger partial charge in [0.1, 0.15) is 5.82 Å². The van der Waals surface area contributed by atoms with Gasteiger partial charge in [0.05, 0.1) is 5.69 Å². The minimum atomic E-state index is -0.819. The van der Waals surface area contributed by atoms with Crippen LogP contribution in [-0.4, -0.2) is 16.1 Å². The van der Waals surface area contributed by atoms with Crippen molar-refractivity contribution >= 4 is 0 Å². The Labute approximate surface area is 117 Å². The molecule has 1 aromatic heterocycles. The van der Waals surface area contributed by atoms with Crippen LogP contribution in [0.2, 0.25) is 0 Å². The van der Waals surface area contributed by atoms with Gasteiger partial charge in [0.2, 0.25) is 0 Å². The van der Waals surface area contributed by atoms with Crippen molar-refractivity contribution in [2.75, 3.05) is 6.54 Å². The lowest BCUT2D eigenvalue weighted by molar-refractivity contribution is 0.506. The summed E-state index contributed by atoms with van der Waals surface area (Å²) in [6.07, 6.45) is 2.88. The molecule has 0 unspecified atom stereocenters. The van der Waals surface area contributed by atoms with Crippen LogP contribution in [0.1, 0.15) is 30.4 Å². The first-order valence-corrected chi connectivity index (χ1v) is 6.77. The molecule has 2 aromatic rings. The Bertz CT molecular complexity index is 578. The van der Waals surface area contributed by atoms with Crippen LogP contribution < -0.4 is 5.32 Å². The van der Waals surface area contributed by atoms with Crippen molar-refractivity contribution in [1.82, 2.24) is 14.9 Å². The number of nitrogens with one attached hydrogen (secondary N) is 1. The van der Waals surface area contributed by atoms with Crippen LogP contribution in [0.25, 0.3) is 0 Å². The summed E-state index contributed by atoms with van der Waals surface area (Å²) >= 11 is 0. The molecular formula is C15H19F2N3. The molecule has 0 fully saturated rings. The van der Waals surface area contributed by atoms with Gasteiger partial charge in [-0.05, 0) is 37.6 Å². The Morgan fingerprint density at radius 3 is 2.75 bits per heavy atom. The van der Waals surface area contributed by atoms with E-state index in [0.29, 0.717) is 6.54 Å². The second-order valence-corrected chi connectivity index (χ2v) is 4.81. The molecule has 0 amide bonds. The number of imidazole rings is 1. The van der Waals surface area contributed by atoms with E-state index in [1.165, 1.54) is 6.07 Å². The van der Waals surface area contributed by atoms with Crippen LogP contribution in [0.4, 0.5) is 8.78 Å². The third-order valence-electron chi connectivity index (χ3n) is 3.20.